The van der Waals surface area contributed by atoms with Gasteiger partial charge in [-0.05, 0) is 0 Å². The molecule has 0 aliphatic heterocycles. The van der Waals surface area contributed by atoms with Crippen LogP contribution in [0.2, 0.25) is 5.79 Å². The second kappa shape index (κ2) is 8.95. The van der Waals surface area contributed by atoms with Crippen LogP contribution in [0, 0.1) is 0 Å². The molecule has 0 saturated carbocycles. The number of rotatable bonds is 0. The van der Waals surface area contributed by atoms with E-state index in [9.17, 15) is 0 Å². The first-order valence-electron chi connectivity index (χ1n) is 0.813. The van der Waals surface area contributed by atoms with Gasteiger partial charge in [0.15, 0.2) is 0 Å². The van der Waals surface area contributed by atoms with Crippen molar-refractivity contribution in [1.82, 2.24) is 0 Å². The van der Waals surface area contributed by atoms with Gasteiger partial charge in [0.1, 0.15) is 0 Å². The summed E-state index contributed by atoms with van der Waals surface area (Å²) in [5, 5.41) is 0. The van der Waals surface area contributed by atoms with Gasteiger partial charge in [0.2, 0.25) is 0 Å². The van der Waals surface area contributed by atoms with E-state index in [4.69, 9.17) is 3.80 Å². The molecule has 0 rings (SSSR count). The van der Waals surface area contributed by atoms with E-state index in [2.05, 4.69) is 0 Å². The van der Waals surface area contributed by atoms with Crippen LogP contribution < -0.4 is 0 Å². The molecule has 0 aliphatic carbocycles. The second-order valence-corrected chi connectivity index (χ2v) is 0.707. The van der Waals surface area contributed by atoms with E-state index < -0.39 is 15.2 Å². The predicted octanol–water partition coefficient (Wildman–Crippen LogP) is 0.0817. The first-order chi connectivity index (χ1) is 1.41. The molecular formula is CH3AlOTa. The Balaban J connectivity index is 0. The van der Waals surface area contributed by atoms with E-state index in [1.165, 1.54) is 0 Å². The first-order valence-corrected chi connectivity index (χ1v) is 2.44. The average Bonchev–Trinajstić information content (AvgIpc) is 0.918. The quantitative estimate of drug-likeness (QED) is 0.547. The van der Waals surface area contributed by atoms with Gasteiger partial charge < -0.3 is 0 Å². The molecule has 0 aromatic rings. The molecule has 0 unspecified atom stereocenters. The monoisotopic (exact) mass is 239 g/mol. The fourth-order valence-electron chi connectivity index (χ4n) is 0. The van der Waals surface area contributed by atoms with E-state index in [1.807, 2.05) is 0 Å². The molecule has 0 amide bonds. The summed E-state index contributed by atoms with van der Waals surface area (Å²) in [7, 11) is 0. The first kappa shape index (κ1) is 8.91. The fourth-order valence-corrected chi connectivity index (χ4v) is 0. The standard InChI is InChI=1S/CH3.Al.O.Ta/h1H3;;;. The van der Waals surface area contributed by atoms with E-state index in [-0.39, 0.29) is 22.4 Å². The zero-order valence-corrected chi connectivity index (χ0v) is 6.80. The van der Waals surface area contributed by atoms with Gasteiger partial charge in [0.05, 0.1) is 0 Å². The third kappa shape index (κ3) is 11.5. The van der Waals surface area contributed by atoms with Crippen molar-refractivity contribution in [2.24, 2.45) is 0 Å². The van der Waals surface area contributed by atoms with Gasteiger partial charge in [-0.3, -0.25) is 0 Å². The van der Waals surface area contributed by atoms with Gasteiger partial charge in [0.25, 0.3) is 0 Å². The van der Waals surface area contributed by atoms with Crippen molar-refractivity contribution in [2.75, 3.05) is 0 Å². The normalized spacial score (nSPS) is 2.25. The van der Waals surface area contributed by atoms with Crippen LogP contribution in [-0.2, 0) is 26.2 Å². The third-order valence-electron chi connectivity index (χ3n) is 0. The van der Waals surface area contributed by atoms with Crippen molar-refractivity contribution < 1.29 is 26.2 Å². The van der Waals surface area contributed by atoms with E-state index >= 15 is 0 Å². The smallest absolute Gasteiger partial charge is 0 e. The number of hydrogen-bond acceptors (Lipinski definition) is 1. The summed E-state index contributed by atoms with van der Waals surface area (Å²) in [5.41, 5.74) is 0. The van der Waals surface area contributed by atoms with Crippen LogP contribution in [-0.4, -0.2) is 15.2 Å². The Kier molecular flexibility index (Phi) is 19.9. The zero-order valence-electron chi connectivity index (χ0n) is 2.43. The van der Waals surface area contributed by atoms with Crippen molar-refractivity contribution in [3.05, 3.63) is 0 Å². The van der Waals surface area contributed by atoms with Crippen LogP contribution in [0.15, 0.2) is 0 Å². The second-order valence-electron chi connectivity index (χ2n) is 0.236. The molecule has 0 atom stereocenters. The van der Waals surface area contributed by atoms with Crippen molar-refractivity contribution in [2.45, 2.75) is 5.79 Å². The van der Waals surface area contributed by atoms with Gasteiger partial charge in [-0.2, -0.15) is 0 Å². The van der Waals surface area contributed by atoms with Gasteiger partial charge in [0, 0.05) is 22.4 Å². The van der Waals surface area contributed by atoms with Crippen molar-refractivity contribution >= 4 is 15.2 Å². The summed E-state index contributed by atoms with van der Waals surface area (Å²) in [4.78, 5) is 0. The molecule has 0 aliphatic rings. The maximum atomic E-state index is 9.01. The molecule has 1 radical (unpaired) electrons. The molecule has 21 valence electrons. The molecule has 0 fully saturated rings. The van der Waals surface area contributed by atoms with Gasteiger partial charge in [-0.1, -0.05) is 0 Å². The summed E-state index contributed by atoms with van der Waals surface area (Å²) in [5.74, 6) is 1.65. The van der Waals surface area contributed by atoms with Crippen LogP contribution in [0.4, 0.5) is 0 Å². The number of hydrogen-bond donors (Lipinski definition) is 0. The molecule has 0 spiro atoms. The molecular weight excluding hydrogens is 236 g/mol. The topological polar surface area (TPSA) is 17.1 Å². The van der Waals surface area contributed by atoms with Gasteiger partial charge in [-0.25, -0.2) is 0 Å². The zero-order chi connectivity index (χ0) is 2.71. The SMILES string of the molecule is [CH3][Al]=[O].[Ta]. The Morgan fingerprint density at radius 2 is 1.75 bits per heavy atom. The summed E-state index contributed by atoms with van der Waals surface area (Å²) in [6.45, 7) is 0. The fraction of sp³-hybridized carbons (Fsp3) is 1.00. The minimum Gasteiger partial charge on any atom is 0 e. The Morgan fingerprint density at radius 3 is 1.75 bits per heavy atom. The van der Waals surface area contributed by atoms with Crippen molar-refractivity contribution in [3.63, 3.8) is 0 Å². The molecule has 0 heterocycles. The Morgan fingerprint density at radius 1 is 1.75 bits per heavy atom. The Labute approximate surface area is 47.2 Å². The van der Waals surface area contributed by atoms with Crippen LogP contribution in [0.25, 0.3) is 0 Å². The molecule has 3 heteroatoms. The largest absolute Gasteiger partial charge is 0 e. The van der Waals surface area contributed by atoms with E-state index in [0.29, 0.717) is 0 Å². The molecule has 0 aromatic heterocycles. The van der Waals surface area contributed by atoms with Gasteiger partial charge in [-0.15, -0.1) is 0 Å². The van der Waals surface area contributed by atoms with Crippen LogP contribution in [0.3, 0.4) is 0 Å². The Hall–Kier alpha value is 1.07. The Bertz CT molecular complexity index is 15.5. The van der Waals surface area contributed by atoms with Crippen LogP contribution in [0.1, 0.15) is 0 Å². The van der Waals surface area contributed by atoms with Crippen LogP contribution in [0.5, 0.6) is 0 Å². The van der Waals surface area contributed by atoms with Crippen LogP contribution >= 0.6 is 0 Å². The summed E-state index contributed by atoms with van der Waals surface area (Å²) < 4.78 is 9.01. The molecule has 0 N–H and O–H groups in total. The molecule has 0 aromatic carbocycles. The summed E-state index contributed by atoms with van der Waals surface area (Å²) >= 11 is -0.500. The molecule has 4 heavy (non-hydrogen) atoms. The summed E-state index contributed by atoms with van der Waals surface area (Å²) in [6, 6.07) is 0. The van der Waals surface area contributed by atoms with Crippen molar-refractivity contribution in [1.29, 1.82) is 0 Å². The van der Waals surface area contributed by atoms with E-state index in [1.54, 1.807) is 5.79 Å². The summed E-state index contributed by atoms with van der Waals surface area (Å²) in [6.07, 6.45) is 0. The molecule has 0 bridgehead atoms. The third-order valence-corrected chi connectivity index (χ3v) is 0. The molecule has 1 nitrogen and oxygen atoms in total. The predicted molar refractivity (Wildman–Crippen MR) is 12.3 cm³/mol. The molecule has 0 saturated heterocycles. The van der Waals surface area contributed by atoms with Crippen molar-refractivity contribution in [3.8, 4) is 0 Å². The maximum absolute atomic E-state index is 9.01. The average molecular weight is 239 g/mol. The van der Waals surface area contributed by atoms with E-state index in [0.717, 1.165) is 0 Å². The van der Waals surface area contributed by atoms with Gasteiger partial charge >= 0.3 is 24.7 Å². The minimum absolute atomic E-state index is 0. The minimum atomic E-state index is -0.500. The maximum Gasteiger partial charge on any atom is 0 e.